The maximum absolute atomic E-state index is 6.91. The number of hydrogen-bond acceptors (Lipinski definition) is 3. The largest absolute Gasteiger partial charge is 0.455 e. The van der Waals surface area contributed by atoms with Gasteiger partial charge in [-0.2, -0.15) is 0 Å². The van der Waals surface area contributed by atoms with Gasteiger partial charge in [-0.05, 0) is 60.2 Å². The summed E-state index contributed by atoms with van der Waals surface area (Å²) in [5.41, 5.74) is 12.2. The van der Waals surface area contributed by atoms with E-state index in [9.17, 15) is 0 Å². The third kappa shape index (κ3) is 4.35. The van der Waals surface area contributed by atoms with Gasteiger partial charge in [-0.3, -0.25) is 4.57 Å². The first-order valence-electron chi connectivity index (χ1n) is 18.6. The molecule has 0 spiro atoms. The van der Waals surface area contributed by atoms with Crippen molar-refractivity contribution in [2.75, 3.05) is 0 Å². The molecule has 4 aromatic heterocycles. The van der Waals surface area contributed by atoms with E-state index in [0.717, 1.165) is 88.2 Å². The van der Waals surface area contributed by atoms with Crippen LogP contribution in [0.3, 0.4) is 0 Å². The summed E-state index contributed by atoms with van der Waals surface area (Å²) in [4.78, 5) is 10.6. The molecule has 0 aliphatic heterocycles. The van der Waals surface area contributed by atoms with E-state index in [4.69, 9.17) is 14.4 Å². The van der Waals surface area contributed by atoms with Crippen LogP contribution in [0.25, 0.3) is 110 Å². The fourth-order valence-corrected chi connectivity index (χ4v) is 8.74. The lowest BCUT2D eigenvalue weighted by molar-refractivity contribution is 0.670. The van der Waals surface area contributed by atoms with Crippen molar-refractivity contribution < 1.29 is 4.42 Å². The molecule has 5 nitrogen and oxygen atoms in total. The second-order valence-electron chi connectivity index (χ2n) is 14.2. The van der Waals surface area contributed by atoms with Crippen LogP contribution in [0, 0.1) is 0 Å². The topological polar surface area (TPSA) is 48.8 Å². The quantitative estimate of drug-likeness (QED) is 0.183. The van der Waals surface area contributed by atoms with Gasteiger partial charge < -0.3 is 8.98 Å². The van der Waals surface area contributed by atoms with Gasteiger partial charge in [0, 0.05) is 49.1 Å². The highest BCUT2D eigenvalue weighted by atomic mass is 16.3. The zero-order valence-corrected chi connectivity index (χ0v) is 29.5. The molecule has 5 heteroatoms. The molecular weight excluding hydrogens is 673 g/mol. The SMILES string of the molecule is c1ccc(-c2nc(-n3c4ccccc4c4cc(-c5ccc6c(c5)c5ccccc5n6-c5ccccc5)c5oc6ccccc6c5c43)nc3ccccc23)cc1. The van der Waals surface area contributed by atoms with Gasteiger partial charge in [0.1, 0.15) is 11.2 Å². The maximum Gasteiger partial charge on any atom is 0.235 e. The molecule has 8 aromatic carbocycles. The zero-order chi connectivity index (χ0) is 36.0. The molecule has 0 radical (unpaired) electrons. The third-order valence-electron chi connectivity index (χ3n) is 11.1. The molecule has 0 aliphatic carbocycles. The molecule has 0 saturated heterocycles. The van der Waals surface area contributed by atoms with Crippen molar-refractivity contribution in [2.24, 2.45) is 0 Å². The molecule has 12 aromatic rings. The molecule has 0 bridgehead atoms. The van der Waals surface area contributed by atoms with Crippen molar-refractivity contribution in [1.29, 1.82) is 0 Å². The Balaban J connectivity index is 1.20. The number of rotatable bonds is 4. The van der Waals surface area contributed by atoms with Gasteiger partial charge in [0.25, 0.3) is 0 Å². The molecule has 55 heavy (non-hydrogen) atoms. The van der Waals surface area contributed by atoms with Crippen molar-refractivity contribution in [3.05, 3.63) is 182 Å². The van der Waals surface area contributed by atoms with Crippen molar-refractivity contribution in [2.45, 2.75) is 0 Å². The average molecular weight is 703 g/mol. The normalized spacial score (nSPS) is 12.0. The van der Waals surface area contributed by atoms with Crippen LogP contribution >= 0.6 is 0 Å². The highest BCUT2D eigenvalue weighted by Gasteiger charge is 2.25. The van der Waals surface area contributed by atoms with Gasteiger partial charge in [-0.1, -0.05) is 127 Å². The molecule has 0 saturated carbocycles. The van der Waals surface area contributed by atoms with Gasteiger partial charge in [0.2, 0.25) is 5.95 Å². The van der Waals surface area contributed by atoms with Crippen LogP contribution in [0.1, 0.15) is 0 Å². The van der Waals surface area contributed by atoms with Gasteiger partial charge in [0.15, 0.2) is 0 Å². The number of para-hydroxylation sites is 5. The van der Waals surface area contributed by atoms with E-state index >= 15 is 0 Å². The molecular formula is C50H30N4O. The van der Waals surface area contributed by atoms with Crippen LogP contribution in [-0.2, 0) is 0 Å². The molecule has 0 aliphatic rings. The Morgan fingerprint density at radius 2 is 1.04 bits per heavy atom. The molecule has 4 heterocycles. The predicted octanol–water partition coefficient (Wildman–Crippen LogP) is 13.1. The average Bonchev–Trinajstić information content (AvgIpc) is 3.91. The summed E-state index contributed by atoms with van der Waals surface area (Å²) in [6, 6.07) is 64.1. The minimum absolute atomic E-state index is 0.623. The smallest absolute Gasteiger partial charge is 0.235 e. The molecule has 12 rings (SSSR count). The van der Waals surface area contributed by atoms with E-state index in [0.29, 0.717) is 5.95 Å². The molecule has 0 N–H and O–H groups in total. The van der Waals surface area contributed by atoms with Crippen LogP contribution in [0.5, 0.6) is 0 Å². The van der Waals surface area contributed by atoms with Crippen molar-refractivity contribution in [3.63, 3.8) is 0 Å². The standard InChI is InChI=1S/C50H30N4O/c1-3-15-31(16-4-1)47-36-21-7-11-23-41(36)51-50(52-47)54-43-25-13-9-20-35(43)40-30-38(49-46(48(40)54)37-22-10-14-26-45(37)55-49)32-27-28-44-39(29-32)34-19-8-12-24-42(34)53(44)33-17-5-2-6-18-33/h1-30H. The third-order valence-corrected chi connectivity index (χ3v) is 11.1. The Hall–Kier alpha value is -7.50. The predicted molar refractivity (Wildman–Crippen MR) is 226 cm³/mol. The monoisotopic (exact) mass is 702 g/mol. The van der Waals surface area contributed by atoms with E-state index in [1.54, 1.807) is 0 Å². The highest BCUT2D eigenvalue weighted by molar-refractivity contribution is 6.27. The van der Waals surface area contributed by atoms with Gasteiger partial charge in [-0.15, -0.1) is 0 Å². The molecule has 0 unspecified atom stereocenters. The summed E-state index contributed by atoms with van der Waals surface area (Å²) >= 11 is 0. The van der Waals surface area contributed by atoms with E-state index in [1.165, 1.54) is 16.3 Å². The zero-order valence-electron chi connectivity index (χ0n) is 29.5. The Kier molecular flexibility index (Phi) is 6.27. The van der Waals surface area contributed by atoms with Gasteiger partial charge in [0.05, 0.1) is 38.7 Å². The molecule has 0 amide bonds. The van der Waals surface area contributed by atoms with Crippen molar-refractivity contribution in [1.82, 2.24) is 19.1 Å². The highest BCUT2D eigenvalue weighted by Crippen LogP contribution is 2.46. The summed E-state index contributed by atoms with van der Waals surface area (Å²) in [5.74, 6) is 0.623. The fourth-order valence-electron chi connectivity index (χ4n) is 8.74. The first-order valence-corrected chi connectivity index (χ1v) is 18.6. The summed E-state index contributed by atoms with van der Waals surface area (Å²) in [6.07, 6.45) is 0. The van der Waals surface area contributed by atoms with Crippen molar-refractivity contribution >= 4 is 76.5 Å². The Bertz CT molecular complexity index is 3480. The first-order chi connectivity index (χ1) is 27.3. The first kappa shape index (κ1) is 30.0. The number of benzene rings is 8. The van der Waals surface area contributed by atoms with Crippen LogP contribution < -0.4 is 0 Å². The maximum atomic E-state index is 6.91. The van der Waals surface area contributed by atoms with E-state index < -0.39 is 0 Å². The Morgan fingerprint density at radius 3 is 1.84 bits per heavy atom. The van der Waals surface area contributed by atoms with Gasteiger partial charge >= 0.3 is 0 Å². The minimum atomic E-state index is 0.623. The summed E-state index contributed by atoms with van der Waals surface area (Å²) in [6.45, 7) is 0. The summed E-state index contributed by atoms with van der Waals surface area (Å²) in [5, 5.41) is 7.78. The number of aromatic nitrogens is 4. The van der Waals surface area contributed by atoms with E-state index in [2.05, 4.69) is 173 Å². The van der Waals surface area contributed by atoms with E-state index in [1.807, 2.05) is 18.2 Å². The number of fused-ring (bicyclic) bond motifs is 11. The van der Waals surface area contributed by atoms with Crippen LogP contribution in [-0.4, -0.2) is 19.1 Å². The minimum Gasteiger partial charge on any atom is -0.455 e. The summed E-state index contributed by atoms with van der Waals surface area (Å²) < 4.78 is 11.5. The number of nitrogens with zero attached hydrogens (tertiary/aromatic N) is 4. The van der Waals surface area contributed by atoms with Gasteiger partial charge in [-0.25, -0.2) is 9.97 Å². The molecule has 0 atom stereocenters. The van der Waals surface area contributed by atoms with E-state index in [-0.39, 0.29) is 0 Å². The Morgan fingerprint density at radius 1 is 0.418 bits per heavy atom. The fraction of sp³-hybridized carbons (Fsp3) is 0. The lowest BCUT2D eigenvalue weighted by Crippen LogP contribution is -2.03. The van der Waals surface area contributed by atoms with Crippen LogP contribution in [0.2, 0.25) is 0 Å². The molecule has 256 valence electrons. The van der Waals surface area contributed by atoms with Crippen molar-refractivity contribution in [3.8, 4) is 34.0 Å². The van der Waals surface area contributed by atoms with Crippen LogP contribution in [0.15, 0.2) is 186 Å². The Labute approximate surface area is 315 Å². The summed E-state index contributed by atoms with van der Waals surface area (Å²) in [7, 11) is 0. The second-order valence-corrected chi connectivity index (χ2v) is 14.2. The van der Waals surface area contributed by atoms with Crippen LogP contribution in [0.4, 0.5) is 0 Å². The lowest BCUT2D eigenvalue weighted by atomic mass is 9.97. The number of furan rings is 1. The lowest BCUT2D eigenvalue weighted by Gasteiger charge is -2.13. The molecule has 0 fully saturated rings. The number of hydrogen-bond donors (Lipinski definition) is 0. The second kappa shape index (κ2) is 11.5.